The molecule has 0 aliphatic heterocycles. The molecule has 0 saturated heterocycles. The van der Waals surface area contributed by atoms with Crippen molar-refractivity contribution >= 4 is 26.2 Å². The van der Waals surface area contributed by atoms with Crippen LogP contribution in [-0.2, 0) is 24.2 Å². The predicted molar refractivity (Wildman–Crippen MR) is 17.5 cm³/mol. The van der Waals surface area contributed by atoms with Gasteiger partial charge in [0.25, 0.3) is 0 Å². The van der Waals surface area contributed by atoms with Gasteiger partial charge in [-0.25, -0.2) is 0 Å². The molecular weight excluding hydrogens is 345 g/mol. The van der Waals surface area contributed by atoms with E-state index in [0.29, 0.717) is 0 Å². The van der Waals surface area contributed by atoms with E-state index >= 15 is 0 Å². The van der Waals surface area contributed by atoms with E-state index in [1.165, 1.54) is 0 Å². The maximum absolute atomic E-state index is 2.34. The van der Waals surface area contributed by atoms with E-state index in [2.05, 4.69) is 8.97 Å². The molecule has 0 heterocycles. The van der Waals surface area contributed by atoms with Gasteiger partial charge in [0, 0.05) is 0 Å². The fraction of sp³-hybridized carbons (Fsp3) is 1.00. The van der Waals surface area contributed by atoms with Gasteiger partial charge >= 0.3 is 59.4 Å². The first kappa shape index (κ1) is 9.26. The van der Waals surface area contributed by atoms with Crippen LogP contribution in [0.15, 0.2) is 0 Å². The second-order valence-electron chi connectivity index (χ2n) is 0.707. The molecule has 2 heteroatoms. The second-order valence-corrected chi connectivity index (χ2v) is 4.74. The Balaban J connectivity index is 0. The van der Waals surface area contributed by atoms with Crippen molar-refractivity contribution in [2.24, 2.45) is 0 Å². The summed E-state index contributed by atoms with van der Waals surface area (Å²) in [6.07, 6.45) is 0. The molecule has 0 aliphatic rings. The van der Waals surface area contributed by atoms with Crippen LogP contribution < -0.4 is 0 Å². The average Bonchev–Trinajstić information content (AvgIpc) is 0.918. The molecule has 0 saturated carbocycles. The first-order chi connectivity index (χ1) is 1.41. The van der Waals surface area contributed by atoms with Gasteiger partial charge in [0.1, 0.15) is 0 Å². The SMILES string of the molecule is [Bi+3].[CH3][Cd][CH3]. The first-order valence-corrected chi connectivity index (χ1v) is 9.49. The zero-order valence-corrected chi connectivity index (χ0v) is 10.7. The molecule has 0 fully saturated rings. The Kier molecular flexibility index (Phi) is 20.5. The van der Waals surface area contributed by atoms with Crippen LogP contribution in [0, 0.1) is 0 Å². The summed E-state index contributed by atoms with van der Waals surface area (Å²) in [5.74, 6) is 0. The third kappa shape index (κ3) is 9.19. The Morgan fingerprint density at radius 3 is 1.25 bits per heavy atom. The number of hydrogen-bond acceptors (Lipinski definition) is 0. The van der Waals surface area contributed by atoms with Gasteiger partial charge in [0.05, 0.1) is 0 Å². The minimum atomic E-state index is -0.01000. The summed E-state index contributed by atoms with van der Waals surface area (Å²) < 4.78 is 4.67. The first-order valence-electron chi connectivity index (χ1n) is 1.41. The quantitative estimate of drug-likeness (QED) is 0.566. The molecule has 4 heavy (non-hydrogen) atoms. The van der Waals surface area contributed by atoms with E-state index in [1.54, 1.807) is 0 Å². The van der Waals surface area contributed by atoms with E-state index < -0.39 is 0 Å². The van der Waals surface area contributed by atoms with Gasteiger partial charge in [-0.05, 0) is 0 Å². The van der Waals surface area contributed by atoms with Crippen molar-refractivity contribution in [1.82, 2.24) is 0 Å². The van der Waals surface area contributed by atoms with Crippen molar-refractivity contribution in [1.29, 1.82) is 0 Å². The Hall–Kier alpha value is 1.81. The zero-order chi connectivity index (χ0) is 2.71. The van der Waals surface area contributed by atoms with Crippen molar-refractivity contribution < 1.29 is 24.2 Å². The molecule has 0 aromatic carbocycles. The van der Waals surface area contributed by atoms with E-state index in [0.717, 1.165) is 0 Å². The van der Waals surface area contributed by atoms with E-state index in [4.69, 9.17) is 0 Å². The van der Waals surface area contributed by atoms with Gasteiger partial charge in [-0.1, -0.05) is 0 Å². The van der Waals surface area contributed by atoms with Gasteiger partial charge in [-0.3, -0.25) is 0 Å². The molecule has 0 rings (SSSR count). The molecule has 0 aromatic heterocycles. The number of rotatable bonds is 0. The fourth-order valence-corrected chi connectivity index (χ4v) is 0. The fourth-order valence-electron chi connectivity index (χ4n) is 0. The molecule has 0 N–H and O–H groups in total. The molecule has 0 bridgehead atoms. The summed E-state index contributed by atoms with van der Waals surface area (Å²) in [6.45, 7) is 0. The third-order valence-corrected chi connectivity index (χ3v) is 0. The Morgan fingerprint density at radius 2 is 1.25 bits per heavy atom. The van der Waals surface area contributed by atoms with E-state index in [1.807, 2.05) is 0 Å². The summed E-state index contributed by atoms with van der Waals surface area (Å²) in [5.41, 5.74) is 0. The van der Waals surface area contributed by atoms with Crippen LogP contribution in [0.2, 0.25) is 8.97 Å². The molecule has 0 atom stereocenters. The van der Waals surface area contributed by atoms with E-state index in [-0.39, 0.29) is 50.4 Å². The van der Waals surface area contributed by atoms with Gasteiger partial charge in [-0.2, -0.15) is 0 Å². The van der Waals surface area contributed by atoms with Gasteiger partial charge < -0.3 is 0 Å². The summed E-state index contributed by atoms with van der Waals surface area (Å²) >= 11 is -0.01000. The van der Waals surface area contributed by atoms with Crippen LogP contribution in [0.1, 0.15) is 0 Å². The van der Waals surface area contributed by atoms with Gasteiger partial charge in [0.15, 0.2) is 0 Å². The topological polar surface area (TPSA) is 0 Å². The summed E-state index contributed by atoms with van der Waals surface area (Å²) in [4.78, 5) is 0. The third-order valence-electron chi connectivity index (χ3n) is 0. The molecule has 0 spiro atoms. The van der Waals surface area contributed by atoms with Crippen LogP contribution in [0.4, 0.5) is 0 Å². The van der Waals surface area contributed by atoms with Crippen molar-refractivity contribution in [3.05, 3.63) is 0 Å². The maximum atomic E-state index is 2.34. The molecule has 0 unspecified atom stereocenters. The van der Waals surface area contributed by atoms with Crippen LogP contribution >= 0.6 is 0 Å². The summed E-state index contributed by atoms with van der Waals surface area (Å²) in [6, 6.07) is 0. The molecule has 0 nitrogen and oxygen atoms in total. The van der Waals surface area contributed by atoms with Crippen molar-refractivity contribution in [2.75, 3.05) is 0 Å². The molecule has 0 aliphatic carbocycles. The number of hydrogen-bond donors (Lipinski definition) is 0. The zero-order valence-electron chi connectivity index (χ0n) is 3.15. The van der Waals surface area contributed by atoms with Crippen LogP contribution in [0.5, 0.6) is 0 Å². The minimum absolute atomic E-state index is 0. The van der Waals surface area contributed by atoms with Gasteiger partial charge in [-0.15, -0.1) is 0 Å². The molecule has 18 valence electrons. The van der Waals surface area contributed by atoms with Crippen LogP contribution in [0.3, 0.4) is 0 Å². The van der Waals surface area contributed by atoms with Crippen molar-refractivity contribution in [3.63, 3.8) is 0 Å². The van der Waals surface area contributed by atoms with Crippen LogP contribution in [0.25, 0.3) is 0 Å². The Morgan fingerprint density at radius 1 is 1.25 bits per heavy atom. The average molecular weight is 351 g/mol. The summed E-state index contributed by atoms with van der Waals surface area (Å²) in [5, 5.41) is 0. The predicted octanol–water partition coefficient (Wildman–Crippen LogP) is 0.784. The molecule has 0 amide bonds. The standard InChI is InChI=1S/2CH3.Bi.Cd/h2*1H3;;/q;;+3;. The molecule has 0 aromatic rings. The Labute approximate surface area is 58.7 Å². The van der Waals surface area contributed by atoms with Crippen LogP contribution in [-0.4, -0.2) is 26.2 Å². The van der Waals surface area contributed by atoms with Crippen molar-refractivity contribution in [3.8, 4) is 0 Å². The second kappa shape index (κ2) is 8.84. The van der Waals surface area contributed by atoms with E-state index in [9.17, 15) is 0 Å². The molecule has 2 radical (unpaired) electrons. The van der Waals surface area contributed by atoms with Gasteiger partial charge in [0.2, 0.25) is 0 Å². The normalized spacial score (nSPS) is 2.50. The van der Waals surface area contributed by atoms with Crippen molar-refractivity contribution in [2.45, 2.75) is 8.97 Å². The monoisotopic (exact) mass is 353 g/mol. The summed E-state index contributed by atoms with van der Waals surface area (Å²) in [7, 11) is 0. The Bertz CT molecular complexity index is 6.00. The molecular formula is C2H6BiCd+3.